The van der Waals surface area contributed by atoms with E-state index in [0.717, 1.165) is 11.1 Å². The topological polar surface area (TPSA) is 372 Å². The number of benzene rings is 3. The lowest BCUT2D eigenvalue weighted by Crippen LogP contribution is -2.44. The molecule has 1 aliphatic rings. The summed E-state index contributed by atoms with van der Waals surface area (Å²) in [6.45, 7) is -1.66. The number of nitrogens with one attached hydrogen (secondary N) is 1. The lowest BCUT2D eigenvalue weighted by atomic mass is 10.0. The van der Waals surface area contributed by atoms with Crippen LogP contribution in [0.4, 0.5) is 5.95 Å². The van der Waals surface area contributed by atoms with Crippen molar-refractivity contribution in [3.8, 4) is 0 Å². The maximum absolute atomic E-state index is 14.7. The number of carbonyl (C=O) groups excluding carboxylic acids is 5. The van der Waals surface area contributed by atoms with Crippen LogP contribution in [0.3, 0.4) is 0 Å². The molecule has 2 atom stereocenters. The summed E-state index contributed by atoms with van der Waals surface area (Å²) in [6.07, 6.45) is -2.95. The van der Waals surface area contributed by atoms with Crippen molar-refractivity contribution < 1.29 is 78.2 Å². The third-order valence-corrected chi connectivity index (χ3v) is 16.1. The number of sulfonamides is 1. The molecular weight excluding hydrogens is 1070 g/mol. The van der Waals surface area contributed by atoms with E-state index in [0.29, 0.717) is 38.1 Å². The van der Waals surface area contributed by atoms with Gasteiger partial charge >= 0.3 is 0 Å². The van der Waals surface area contributed by atoms with Crippen LogP contribution < -0.4 is 20.3 Å². The molecule has 7 rings (SSSR count). The van der Waals surface area contributed by atoms with E-state index in [1.54, 1.807) is 53.1 Å². The summed E-state index contributed by atoms with van der Waals surface area (Å²) in [5, 5.41) is 32.3. The third kappa shape index (κ3) is 14.1. The SMILES string of the molecule is O=C(CCCc1ccc(S(=O)(=O)N(CCCS(=O)(=O)O)C(=O)c2c3ccccc3[n+](CCCS(=O)(=O)O)c3ccccc23)cc1)CC(=O)CCNC(=O)CCN1C(=O)CCn2c1nc1ncc([C@H](O)[C@H](O)CO)nc1c2=O. The van der Waals surface area contributed by atoms with E-state index in [-0.39, 0.29) is 104 Å². The Kier molecular flexibility index (Phi) is 18.4. The van der Waals surface area contributed by atoms with Gasteiger partial charge in [-0.15, -0.1) is 0 Å². The van der Waals surface area contributed by atoms with Gasteiger partial charge in [-0.3, -0.25) is 47.3 Å². The van der Waals surface area contributed by atoms with Crippen LogP contribution in [0.5, 0.6) is 0 Å². The van der Waals surface area contributed by atoms with Crippen LogP contribution in [0.2, 0.25) is 0 Å². The Labute approximate surface area is 440 Å². The molecule has 77 heavy (non-hydrogen) atoms. The number of aryl methyl sites for hydroxylation is 2. The highest BCUT2D eigenvalue weighted by atomic mass is 32.2. The summed E-state index contributed by atoms with van der Waals surface area (Å²) in [6, 6.07) is 18.6. The number of Topliss-reactive ketones (excluding diaryl/α,β-unsaturated/α-hetero) is 2. The number of aliphatic hydroxyl groups is 3. The van der Waals surface area contributed by atoms with Crippen molar-refractivity contribution in [3.05, 3.63) is 106 Å². The number of anilines is 1. The highest BCUT2D eigenvalue weighted by molar-refractivity contribution is 7.89. The van der Waals surface area contributed by atoms with Crippen molar-refractivity contribution in [2.75, 3.05) is 42.6 Å². The Bertz CT molecular complexity index is 3620. The lowest BCUT2D eigenvalue weighted by molar-refractivity contribution is -0.645. The van der Waals surface area contributed by atoms with Crippen molar-refractivity contribution >= 4 is 98.5 Å². The smallest absolute Gasteiger partial charge is 0.283 e. The van der Waals surface area contributed by atoms with E-state index in [2.05, 4.69) is 20.3 Å². The molecule has 25 nitrogen and oxygen atoms in total. The summed E-state index contributed by atoms with van der Waals surface area (Å²) in [5.74, 6) is -4.23. The Morgan fingerprint density at radius 2 is 1.40 bits per heavy atom. The zero-order valence-corrected chi connectivity index (χ0v) is 43.6. The number of hydrogen-bond acceptors (Lipinski definition) is 18. The minimum atomic E-state index is -4.72. The third-order valence-electron chi connectivity index (χ3n) is 12.6. The molecule has 0 bridgehead atoms. The zero-order chi connectivity index (χ0) is 55.8. The summed E-state index contributed by atoms with van der Waals surface area (Å²) >= 11 is 0. The Morgan fingerprint density at radius 3 is 2.04 bits per heavy atom. The predicted molar refractivity (Wildman–Crippen MR) is 275 cm³/mol. The molecule has 0 saturated carbocycles. The average Bonchev–Trinajstić information content (AvgIpc) is 3.39. The van der Waals surface area contributed by atoms with Gasteiger partial charge in [0.25, 0.3) is 41.7 Å². The number of aromatic nitrogens is 5. The van der Waals surface area contributed by atoms with Crippen LogP contribution in [0.25, 0.3) is 33.0 Å². The number of aliphatic hydroxyl groups excluding tert-OH is 3. The average molecular weight is 1120 g/mol. The molecule has 4 heterocycles. The van der Waals surface area contributed by atoms with Crippen LogP contribution >= 0.6 is 0 Å². The van der Waals surface area contributed by atoms with E-state index in [4.69, 9.17) is 5.11 Å². The lowest BCUT2D eigenvalue weighted by Gasteiger charge is -2.28. The molecular formula is C49H55N8O17S3+. The molecule has 0 unspecified atom stereocenters. The molecule has 28 heteroatoms. The largest absolute Gasteiger partial charge is 0.394 e. The minimum Gasteiger partial charge on any atom is -0.394 e. The normalized spacial score (nSPS) is 13.9. The number of ketones is 2. The minimum absolute atomic E-state index is 0.00447. The molecule has 0 fully saturated rings. The highest BCUT2D eigenvalue weighted by Crippen LogP contribution is 2.30. The van der Waals surface area contributed by atoms with Crippen LogP contribution in [-0.4, -0.2) is 147 Å². The van der Waals surface area contributed by atoms with Gasteiger partial charge in [0.2, 0.25) is 28.8 Å². The maximum atomic E-state index is 14.7. The van der Waals surface area contributed by atoms with Crippen LogP contribution in [0, 0.1) is 0 Å². The fourth-order valence-corrected chi connectivity index (χ4v) is 11.2. The van der Waals surface area contributed by atoms with Crippen LogP contribution in [0.15, 0.2) is 88.7 Å². The Hall–Kier alpha value is -7.05. The fraction of sp³-hybridized carbons (Fsp3) is 0.388. The molecule has 3 amide bonds. The summed E-state index contributed by atoms with van der Waals surface area (Å²) in [5.41, 5.74) is 0.190. The number of nitrogens with zero attached hydrogens (tertiary/aromatic N) is 7. The molecule has 0 radical (unpaired) electrons. The quantitative estimate of drug-likeness (QED) is 0.0189. The second-order valence-corrected chi connectivity index (χ2v) is 23.2. The number of carbonyl (C=O) groups is 5. The summed E-state index contributed by atoms with van der Waals surface area (Å²) in [4.78, 5) is 92.4. The van der Waals surface area contributed by atoms with Gasteiger partial charge in [0, 0.05) is 70.4 Å². The number of rotatable bonds is 26. The number of pyridine rings is 1. The van der Waals surface area contributed by atoms with Gasteiger partial charge in [-0.2, -0.15) is 26.4 Å². The van der Waals surface area contributed by atoms with Gasteiger partial charge < -0.3 is 20.6 Å². The molecule has 0 aliphatic carbocycles. The predicted octanol–water partition coefficient (Wildman–Crippen LogP) is 0.738. The highest BCUT2D eigenvalue weighted by Gasteiger charge is 2.35. The Morgan fingerprint density at radius 1 is 0.779 bits per heavy atom. The molecule has 6 N–H and O–H groups in total. The first kappa shape index (κ1) is 57.7. The van der Waals surface area contributed by atoms with Crippen LogP contribution in [-0.2, 0) is 68.9 Å². The standard InChI is InChI=1S/C49H54N8O17S3/c58-30-40(61)45(64)37-29-51-46-44(52-37)48(66)56-25-20-42(63)55(49(56)53-46)24-19-41(62)50-21-18-33(60)28-32(59)9-5-8-31-14-16-34(17-15-31)77(73,74)57(23-7-27-76(70,71)72)47(65)43-35-10-1-3-12-38(35)54(22-6-26-75(67,68)69)39-13-4-2-11-36(39)43/h1-4,10-17,29,40,45,58,61,64H,5-9,18-28,30H2,(H2-,50,62,67,68,69,70,71,72)/p+1/t40-,45+/m1/s1. The Balaban J connectivity index is 0.929. The molecule has 3 aromatic heterocycles. The first-order chi connectivity index (χ1) is 36.5. The molecule has 0 spiro atoms. The van der Waals surface area contributed by atoms with Crippen molar-refractivity contribution in [3.63, 3.8) is 0 Å². The van der Waals surface area contributed by atoms with Crippen molar-refractivity contribution in [2.45, 2.75) is 88.0 Å². The summed E-state index contributed by atoms with van der Waals surface area (Å²) in [7, 11) is -13.6. The zero-order valence-electron chi connectivity index (χ0n) is 41.2. The van der Waals surface area contributed by atoms with Gasteiger partial charge in [-0.1, -0.05) is 36.4 Å². The van der Waals surface area contributed by atoms with Gasteiger partial charge in [0.05, 0.1) is 57.7 Å². The van der Waals surface area contributed by atoms with E-state index in [9.17, 15) is 73.3 Å². The first-order valence-corrected chi connectivity index (χ1v) is 28.9. The van der Waals surface area contributed by atoms with Crippen molar-refractivity contribution in [1.29, 1.82) is 0 Å². The van der Waals surface area contributed by atoms with Gasteiger partial charge in [0.15, 0.2) is 17.7 Å². The maximum Gasteiger partial charge on any atom is 0.283 e. The molecule has 0 saturated heterocycles. The monoisotopic (exact) mass is 1120 g/mol. The molecule has 1 aliphatic heterocycles. The van der Waals surface area contributed by atoms with E-state index in [1.165, 1.54) is 28.8 Å². The van der Waals surface area contributed by atoms with E-state index >= 15 is 0 Å². The van der Waals surface area contributed by atoms with Crippen LogP contribution in [0.1, 0.15) is 79.1 Å². The van der Waals surface area contributed by atoms with E-state index < -0.39 is 109 Å². The number of para-hydroxylation sites is 2. The second-order valence-electron chi connectivity index (χ2n) is 18.1. The van der Waals surface area contributed by atoms with Crippen molar-refractivity contribution in [1.82, 2.24) is 29.1 Å². The summed E-state index contributed by atoms with van der Waals surface area (Å²) < 4.78 is 97.6. The number of hydrogen-bond donors (Lipinski definition) is 6. The number of amides is 3. The molecule has 410 valence electrons. The van der Waals surface area contributed by atoms with Gasteiger partial charge in [-0.25, -0.2) is 22.7 Å². The fourth-order valence-electron chi connectivity index (χ4n) is 8.84. The van der Waals surface area contributed by atoms with E-state index in [1.807, 2.05) is 0 Å². The second kappa shape index (κ2) is 24.5. The van der Waals surface area contributed by atoms with Gasteiger partial charge in [0.1, 0.15) is 23.8 Å². The number of fused-ring (bicyclic) bond motifs is 4. The molecule has 3 aromatic carbocycles. The van der Waals surface area contributed by atoms with Gasteiger partial charge in [-0.05, 0) is 49.1 Å². The first-order valence-electron chi connectivity index (χ1n) is 24.2. The molecule has 6 aromatic rings. The van der Waals surface area contributed by atoms with Crippen molar-refractivity contribution in [2.24, 2.45) is 0 Å².